The number of nitrogens with one attached hydrogen (secondary N) is 1. The molecule has 0 saturated heterocycles. The van der Waals surface area contributed by atoms with Crippen LogP contribution in [-0.2, 0) is 14.8 Å². The maximum Gasteiger partial charge on any atom is 0.244 e. The number of benzene rings is 1. The summed E-state index contributed by atoms with van der Waals surface area (Å²) in [6.45, 7) is 5.13. The van der Waals surface area contributed by atoms with Gasteiger partial charge in [0.1, 0.15) is 4.90 Å². The lowest BCUT2D eigenvalue weighted by molar-refractivity contribution is 0.114. The standard InChI is InChI=1S/C12H19ClN2O3S/c1-9(2)8-18-7-6-15-19(16,17)12-10(13)4-3-5-11(12)14/h3-5,9,15H,6-8,14H2,1-2H3. The highest BCUT2D eigenvalue weighted by atomic mass is 35.5. The van der Waals surface area contributed by atoms with Crippen molar-refractivity contribution in [3.63, 3.8) is 0 Å². The van der Waals surface area contributed by atoms with Crippen LogP contribution in [0.2, 0.25) is 5.02 Å². The van der Waals surface area contributed by atoms with Crippen molar-refractivity contribution >= 4 is 27.3 Å². The fourth-order valence-corrected chi connectivity index (χ4v) is 3.13. The summed E-state index contributed by atoms with van der Waals surface area (Å²) in [7, 11) is -3.71. The highest BCUT2D eigenvalue weighted by Crippen LogP contribution is 2.26. The molecule has 0 heterocycles. The molecule has 0 unspecified atom stereocenters. The molecule has 3 N–H and O–H groups in total. The number of nitrogens with two attached hydrogens (primary N) is 1. The van der Waals surface area contributed by atoms with Gasteiger partial charge in [-0.1, -0.05) is 31.5 Å². The van der Waals surface area contributed by atoms with Gasteiger partial charge in [0.25, 0.3) is 0 Å². The molecule has 0 bridgehead atoms. The van der Waals surface area contributed by atoms with Gasteiger partial charge in [0.15, 0.2) is 0 Å². The number of hydrogen-bond acceptors (Lipinski definition) is 4. The largest absolute Gasteiger partial charge is 0.398 e. The van der Waals surface area contributed by atoms with Gasteiger partial charge < -0.3 is 10.5 Å². The monoisotopic (exact) mass is 306 g/mol. The summed E-state index contributed by atoms with van der Waals surface area (Å²) >= 11 is 5.87. The Morgan fingerprint density at radius 3 is 2.68 bits per heavy atom. The van der Waals surface area contributed by atoms with Crippen LogP contribution < -0.4 is 10.5 Å². The minimum absolute atomic E-state index is 0.0828. The second kappa shape index (κ2) is 7.09. The van der Waals surface area contributed by atoms with E-state index < -0.39 is 10.0 Å². The topological polar surface area (TPSA) is 81.4 Å². The van der Waals surface area contributed by atoms with Gasteiger partial charge >= 0.3 is 0 Å². The van der Waals surface area contributed by atoms with Crippen molar-refractivity contribution in [2.24, 2.45) is 5.92 Å². The van der Waals surface area contributed by atoms with E-state index in [-0.39, 0.29) is 22.2 Å². The molecule has 108 valence electrons. The van der Waals surface area contributed by atoms with Crippen molar-refractivity contribution < 1.29 is 13.2 Å². The fourth-order valence-electron chi connectivity index (χ4n) is 1.45. The molecular formula is C12H19ClN2O3S. The normalized spacial score (nSPS) is 12.0. The summed E-state index contributed by atoms with van der Waals surface area (Å²) in [5, 5.41) is 0.107. The molecule has 7 heteroatoms. The van der Waals surface area contributed by atoms with E-state index in [1.165, 1.54) is 12.1 Å². The molecule has 0 atom stereocenters. The average Bonchev–Trinajstić information content (AvgIpc) is 2.27. The first-order valence-corrected chi connectivity index (χ1v) is 7.82. The SMILES string of the molecule is CC(C)COCCNS(=O)(=O)c1c(N)cccc1Cl. The second-order valence-corrected chi connectivity index (χ2v) is 6.64. The molecule has 0 aliphatic carbocycles. The molecule has 0 aliphatic heterocycles. The van der Waals surface area contributed by atoms with Crippen molar-refractivity contribution in [3.8, 4) is 0 Å². The number of hydrogen-bond donors (Lipinski definition) is 2. The first-order chi connectivity index (χ1) is 8.84. The molecule has 1 aromatic rings. The summed E-state index contributed by atoms with van der Waals surface area (Å²) in [6, 6.07) is 4.58. The van der Waals surface area contributed by atoms with E-state index in [1.54, 1.807) is 6.07 Å². The lowest BCUT2D eigenvalue weighted by Crippen LogP contribution is -2.28. The van der Waals surface area contributed by atoms with Crippen LogP contribution in [0.15, 0.2) is 23.1 Å². The lowest BCUT2D eigenvalue weighted by atomic mass is 10.2. The van der Waals surface area contributed by atoms with Crippen molar-refractivity contribution in [1.29, 1.82) is 0 Å². The Morgan fingerprint density at radius 1 is 1.42 bits per heavy atom. The molecule has 0 fully saturated rings. The lowest BCUT2D eigenvalue weighted by Gasteiger charge is -2.11. The van der Waals surface area contributed by atoms with Gasteiger partial charge in [-0.2, -0.15) is 0 Å². The fraction of sp³-hybridized carbons (Fsp3) is 0.500. The first-order valence-electron chi connectivity index (χ1n) is 5.96. The van der Waals surface area contributed by atoms with Gasteiger partial charge in [0.05, 0.1) is 17.3 Å². The average molecular weight is 307 g/mol. The number of sulfonamides is 1. The third-order valence-electron chi connectivity index (χ3n) is 2.26. The van der Waals surface area contributed by atoms with Gasteiger partial charge in [-0.3, -0.25) is 0 Å². The summed E-state index contributed by atoms with van der Waals surface area (Å²) < 4.78 is 31.8. The van der Waals surface area contributed by atoms with Crippen LogP contribution in [0.25, 0.3) is 0 Å². The summed E-state index contributed by atoms with van der Waals surface area (Å²) in [4.78, 5) is -0.0828. The third-order valence-corrected chi connectivity index (χ3v) is 4.26. The van der Waals surface area contributed by atoms with Crippen LogP contribution in [0.3, 0.4) is 0 Å². The molecule has 0 aromatic heterocycles. The highest BCUT2D eigenvalue weighted by Gasteiger charge is 2.20. The maximum absolute atomic E-state index is 12.0. The first kappa shape index (κ1) is 16.2. The van der Waals surface area contributed by atoms with Crippen molar-refractivity contribution in [2.45, 2.75) is 18.7 Å². The molecule has 5 nitrogen and oxygen atoms in total. The number of halogens is 1. The summed E-state index contributed by atoms with van der Waals surface area (Å²) in [6.07, 6.45) is 0. The van der Waals surface area contributed by atoms with Crippen molar-refractivity contribution in [2.75, 3.05) is 25.5 Å². The zero-order valence-electron chi connectivity index (χ0n) is 11.0. The molecule has 0 amide bonds. The van der Waals surface area contributed by atoms with Crippen LogP contribution in [0.1, 0.15) is 13.8 Å². The molecule has 0 aliphatic rings. The molecule has 0 saturated carbocycles. The van der Waals surface area contributed by atoms with Gasteiger partial charge in [0.2, 0.25) is 10.0 Å². The zero-order valence-corrected chi connectivity index (χ0v) is 12.6. The Bertz CT molecular complexity index is 497. The van der Waals surface area contributed by atoms with Gasteiger partial charge in [0, 0.05) is 13.2 Å². The van der Waals surface area contributed by atoms with Crippen molar-refractivity contribution in [1.82, 2.24) is 4.72 Å². The number of ether oxygens (including phenoxy) is 1. The van der Waals surface area contributed by atoms with Crippen LogP contribution in [0, 0.1) is 5.92 Å². The predicted octanol–water partition coefficient (Wildman–Crippen LogP) is 1.87. The summed E-state index contributed by atoms with van der Waals surface area (Å²) in [5.41, 5.74) is 5.77. The Kier molecular flexibility index (Phi) is 6.06. The van der Waals surface area contributed by atoms with Gasteiger partial charge in [-0.05, 0) is 18.1 Å². The molecule has 1 rings (SSSR count). The molecule has 1 aromatic carbocycles. The Morgan fingerprint density at radius 2 is 2.11 bits per heavy atom. The van der Waals surface area contributed by atoms with Crippen LogP contribution in [0.4, 0.5) is 5.69 Å². The Hall–Kier alpha value is -0.820. The summed E-state index contributed by atoms with van der Waals surface area (Å²) in [5.74, 6) is 0.413. The van der Waals surface area contributed by atoms with E-state index >= 15 is 0 Å². The highest BCUT2D eigenvalue weighted by molar-refractivity contribution is 7.89. The molecule has 0 spiro atoms. The van der Waals surface area contributed by atoms with Gasteiger partial charge in [-0.15, -0.1) is 0 Å². The predicted molar refractivity (Wildman–Crippen MR) is 76.7 cm³/mol. The third kappa shape index (κ3) is 4.99. The Balaban J connectivity index is 2.62. The van der Waals surface area contributed by atoms with E-state index in [0.717, 1.165) is 0 Å². The van der Waals surface area contributed by atoms with Crippen LogP contribution in [-0.4, -0.2) is 28.2 Å². The molecular weight excluding hydrogens is 288 g/mol. The van der Waals surface area contributed by atoms with Gasteiger partial charge in [-0.25, -0.2) is 13.1 Å². The second-order valence-electron chi connectivity index (χ2n) is 4.52. The van der Waals surface area contributed by atoms with Crippen LogP contribution >= 0.6 is 11.6 Å². The zero-order chi connectivity index (χ0) is 14.5. The number of nitrogen functional groups attached to an aromatic ring is 1. The van der Waals surface area contributed by atoms with Crippen molar-refractivity contribution in [3.05, 3.63) is 23.2 Å². The molecule has 19 heavy (non-hydrogen) atoms. The smallest absolute Gasteiger partial charge is 0.244 e. The minimum atomic E-state index is -3.71. The number of anilines is 1. The quantitative estimate of drug-likeness (QED) is 0.595. The van der Waals surface area contributed by atoms with E-state index in [1.807, 2.05) is 13.8 Å². The van der Waals surface area contributed by atoms with Crippen LogP contribution in [0.5, 0.6) is 0 Å². The van der Waals surface area contributed by atoms with E-state index in [0.29, 0.717) is 19.1 Å². The van der Waals surface area contributed by atoms with E-state index in [2.05, 4.69) is 4.72 Å². The molecule has 0 radical (unpaired) electrons. The maximum atomic E-state index is 12.0. The van der Waals surface area contributed by atoms with E-state index in [9.17, 15) is 8.42 Å². The van der Waals surface area contributed by atoms with E-state index in [4.69, 9.17) is 22.1 Å². The Labute approximate surface area is 119 Å². The number of rotatable bonds is 7. The minimum Gasteiger partial charge on any atom is -0.398 e.